The van der Waals surface area contributed by atoms with Gasteiger partial charge in [0.25, 0.3) is 0 Å². The van der Waals surface area contributed by atoms with Gasteiger partial charge in [-0.25, -0.2) is 0 Å². The second-order valence-corrected chi connectivity index (χ2v) is 5.36. The molecule has 0 aromatic heterocycles. The summed E-state index contributed by atoms with van der Waals surface area (Å²) in [6, 6.07) is 10.8. The lowest BCUT2D eigenvalue weighted by molar-refractivity contribution is -0.115. The van der Waals surface area contributed by atoms with Crippen molar-refractivity contribution < 1.29 is 23.7 Å². The lowest BCUT2D eigenvalue weighted by Gasteiger charge is -2.12. The Morgan fingerprint density at radius 2 is 1.92 bits per heavy atom. The Balaban J connectivity index is 1.51. The van der Waals surface area contributed by atoms with Crippen molar-refractivity contribution >= 4 is 17.3 Å². The van der Waals surface area contributed by atoms with Crippen molar-refractivity contribution in [3.8, 4) is 23.0 Å². The van der Waals surface area contributed by atoms with Crippen molar-refractivity contribution in [3.63, 3.8) is 0 Å². The molecular formula is C18H20N2O5. The molecule has 1 heterocycles. The number of hydrogen-bond donors (Lipinski definition) is 2. The second kappa shape index (κ2) is 7.65. The Hall–Kier alpha value is -3.09. The minimum absolute atomic E-state index is 0.0983. The van der Waals surface area contributed by atoms with E-state index in [2.05, 4.69) is 10.6 Å². The van der Waals surface area contributed by atoms with Crippen LogP contribution in [0, 0.1) is 0 Å². The summed E-state index contributed by atoms with van der Waals surface area (Å²) in [7, 11) is 3.19. The van der Waals surface area contributed by atoms with Crippen LogP contribution in [0.1, 0.15) is 6.42 Å². The zero-order valence-electron chi connectivity index (χ0n) is 14.1. The molecule has 0 unspecified atom stereocenters. The molecule has 0 atom stereocenters. The van der Waals surface area contributed by atoms with Gasteiger partial charge in [-0.3, -0.25) is 4.79 Å². The van der Waals surface area contributed by atoms with Crippen molar-refractivity contribution in [2.24, 2.45) is 0 Å². The topological polar surface area (TPSA) is 78.1 Å². The quantitative estimate of drug-likeness (QED) is 0.804. The molecule has 2 N–H and O–H groups in total. The third-order valence-electron chi connectivity index (χ3n) is 3.73. The zero-order chi connectivity index (χ0) is 17.6. The Labute approximate surface area is 145 Å². The van der Waals surface area contributed by atoms with E-state index in [1.165, 1.54) is 0 Å². The molecular weight excluding hydrogens is 324 g/mol. The highest BCUT2D eigenvalue weighted by molar-refractivity contribution is 5.91. The molecule has 3 rings (SSSR count). The van der Waals surface area contributed by atoms with Gasteiger partial charge in [-0.15, -0.1) is 0 Å². The molecule has 0 saturated heterocycles. The molecule has 0 spiro atoms. The molecule has 0 bridgehead atoms. The first-order valence-electron chi connectivity index (χ1n) is 7.85. The number of carbonyl (C=O) groups excluding carboxylic acids is 1. The van der Waals surface area contributed by atoms with Gasteiger partial charge < -0.3 is 29.6 Å². The van der Waals surface area contributed by atoms with Gasteiger partial charge in [-0.1, -0.05) is 0 Å². The second-order valence-electron chi connectivity index (χ2n) is 5.36. The van der Waals surface area contributed by atoms with Crippen molar-refractivity contribution in [1.29, 1.82) is 0 Å². The first kappa shape index (κ1) is 16.8. The van der Waals surface area contributed by atoms with Crippen LogP contribution in [-0.4, -0.2) is 33.5 Å². The average Bonchev–Trinajstić information content (AvgIpc) is 3.09. The summed E-state index contributed by atoms with van der Waals surface area (Å²) in [5.41, 5.74) is 1.48. The van der Waals surface area contributed by atoms with Gasteiger partial charge >= 0.3 is 0 Å². The molecule has 1 aliphatic heterocycles. The molecule has 2 aromatic rings. The Morgan fingerprint density at radius 1 is 1.08 bits per heavy atom. The summed E-state index contributed by atoms with van der Waals surface area (Å²) >= 11 is 0. The molecule has 1 aliphatic rings. The number of anilines is 2. The lowest BCUT2D eigenvalue weighted by Crippen LogP contribution is -2.16. The maximum Gasteiger partial charge on any atom is 0.231 e. The van der Waals surface area contributed by atoms with Gasteiger partial charge in [-0.05, 0) is 24.3 Å². The predicted molar refractivity (Wildman–Crippen MR) is 93.8 cm³/mol. The van der Waals surface area contributed by atoms with E-state index in [-0.39, 0.29) is 12.7 Å². The number of carbonyl (C=O) groups is 1. The summed E-state index contributed by atoms with van der Waals surface area (Å²) in [4.78, 5) is 12.1. The van der Waals surface area contributed by atoms with Crippen molar-refractivity contribution in [1.82, 2.24) is 0 Å². The number of fused-ring (bicyclic) bond motifs is 1. The Morgan fingerprint density at radius 3 is 2.72 bits per heavy atom. The minimum Gasteiger partial charge on any atom is -0.497 e. The van der Waals surface area contributed by atoms with E-state index in [0.29, 0.717) is 41.7 Å². The van der Waals surface area contributed by atoms with Gasteiger partial charge in [-0.2, -0.15) is 0 Å². The SMILES string of the molecule is COc1ccc(NCCC(=O)Nc2ccc3c(c2)OCO3)c(OC)c1. The van der Waals surface area contributed by atoms with E-state index in [1.54, 1.807) is 38.5 Å². The van der Waals surface area contributed by atoms with Crippen molar-refractivity contribution in [3.05, 3.63) is 36.4 Å². The molecule has 7 nitrogen and oxygen atoms in total. The summed E-state index contributed by atoms with van der Waals surface area (Å²) in [6.45, 7) is 0.680. The monoisotopic (exact) mass is 344 g/mol. The molecule has 132 valence electrons. The molecule has 25 heavy (non-hydrogen) atoms. The van der Waals surface area contributed by atoms with E-state index in [9.17, 15) is 4.79 Å². The number of amides is 1. The highest BCUT2D eigenvalue weighted by atomic mass is 16.7. The van der Waals surface area contributed by atoms with Crippen LogP contribution in [0.25, 0.3) is 0 Å². The smallest absolute Gasteiger partial charge is 0.231 e. The predicted octanol–water partition coefficient (Wildman–Crippen LogP) is 2.87. The van der Waals surface area contributed by atoms with E-state index in [4.69, 9.17) is 18.9 Å². The molecule has 0 fully saturated rings. The van der Waals surface area contributed by atoms with Crippen LogP contribution in [0.15, 0.2) is 36.4 Å². The summed E-state index contributed by atoms with van der Waals surface area (Å²) in [6.07, 6.45) is 0.309. The molecule has 0 saturated carbocycles. The van der Waals surface area contributed by atoms with Crippen LogP contribution in [-0.2, 0) is 4.79 Å². The maximum atomic E-state index is 12.1. The molecule has 1 amide bonds. The van der Waals surface area contributed by atoms with Crippen LogP contribution in [0.5, 0.6) is 23.0 Å². The number of methoxy groups -OCH3 is 2. The van der Waals surface area contributed by atoms with Gasteiger partial charge in [0, 0.05) is 30.8 Å². The first-order valence-corrected chi connectivity index (χ1v) is 7.85. The highest BCUT2D eigenvalue weighted by Crippen LogP contribution is 2.34. The van der Waals surface area contributed by atoms with Gasteiger partial charge in [0.1, 0.15) is 11.5 Å². The zero-order valence-corrected chi connectivity index (χ0v) is 14.1. The maximum absolute atomic E-state index is 12.1. The number of benzene rings is 2. The number of nitrogens with one attached hydrogen (secondary N) is 2. The fraction of sp³-hybridized carbons (Fsp3) is 0.278. The minimum atomic E-state index is -0.0983. The number of ether oxygens (including phenoxy) is 4. The molecule has 0 aliphatic carbocycles. The standard InChI is InChI=1S/C18H20N2O5/c1-22-13-4-5-14(16(10-13)23-2)19-8-7-18(21)20-12-3-6-15-17(9-12)25-11-24-15/h3-6,9-10,19H,7-8,11H2,1-2H3,(H,20,21). The largest absolute Gasteiger partial charge is 0.497 e. The lowest BCUT2D eigenvalue weighted by atomic mass is 10.2. The van der Waals surface area contributed by atoms with Crippen molar-refractivity contribution in [2.75, 3.05) is 38.2 Å². The van der Waals surface area contributed by atoms with Crippen LogP contribution in [0.4, 0.5) is 11.4 Å². The average molecular weight is 344 g/mol. The van der Waals surface area contributed by atoms with Crippen molar-refractivity contribution in [2.45, 2.75) is 6.42 Å². The third-order valence-corrected chi connectivity index (χ3v) is 3.73. The fourth-order valence-corrected chi connectivity index (χ4v) is 2.45. The summed E-state index contributed by atoms with van der Waals surface area (Å²) in [5.74, 6) is 2.60. The van der Waals surface area contributed by atoms with Crippen LogP contribution in [0.2, 0.25) is 0 Å². The molecule has 7 heteroatoms. The van der Waals surface area contributed by atoms with Crippen LogP contribution in [0.3, 0.4) is 0 Å². The highest BCUT2D eigenvalue weighted by Gasteiger charge is 2.14. The summed E-state index contributed by atoms with van der Waals surface area (Å²) in [5, 5.41) is 6.03. The Kier molecular flexibility index (Phi) is 5.13. The first-order chi connectivity index (χ1) is 12.2. The van der Waals surface area contributed by atoms with E-state index < -0.39 is 0 Å². The van der Waals surface area contributed by atoms with Crippen LogP contribution < -0.4 is 29.6 Å². The van der Waals surface area contributed by atoms with E-state index in [1.807, 2.05) is 12.1 Å². The van der Waals surface area contributed by atoms with E-state index in [0.717, 1.165) is 5.69 Å². The molecule has 2 aromatic carbocycles. The van der Waals surface area contributed by atoms with Gasteiger partial charge in [0.2, 0.25) is 12.7 Å². The summed E-state index contributed by atoms with van der Waals surface area (Å²) < 4.78 is 21.0. The third kappa shape index (κ3) is 4.06. The van der Waals surface area contributed by atoms with E-state index >= 15 is 0 Å². The van der Waals surface area contributed by atoms with Gasteiger partial charge in [0.15, 0.2) is 11.5 Å². The normalized spacial score (nSPS) is 11.8. The fourth-order valence-electron chi connectivity index (χ4n) is 2.45. The van der Waals surface area contributed by atoms with Gasteiger partial charge in [0.05, 0.1) is 19.9 Å². The number of hydrogen-bond acceptors (Lipinski definition) is 6. The molecule has 0 radical (unpaired) electrons. The number of rotatable bonds is 7. The Bertz CT molecular complexity index is 763. The van der Waals surface area contributed by atoms with Crippen LogP contribution >= 0.6 is 0 Å².